The summed E-state index contributed by atoms with van der Waals surface area (Å²) in [6, 6.07) is 12.5. The van der Waals surface area contributed by atoms with E-state index in [9.17, 15) is 24.0 Å². The van der Waals surface area contributed by atoms with Gasteiger partial charge in [-0.3, -0.25) is 9.59 Å². The molecule has 2 aromatic carbocycles. The van der Waals surface area contributed by atoms with Crippen LogP contribution in [0.2, 0.25) is 0 Å². The second-order valence-corrected chi connectivity index (χ2v) is 13.5. The van der Waals surface area contributed by atoms with Gasteiger partial charge in [-0.05, 0) is 48.5 Å². The third-order valence-electron chi connectivity index (χ3n) is 8.79. The van der Waals surface area contributed by atoms with E-state index in [-0.39, 0.29) is 17.5 Å². The second-order valence-electron chi connectivity index (χ2n) is 11.6. The summed E-state index contributed by atoms with van der Waals surface area (Å²) in [4.78, 5) is 67.1. The zero-order chi connectivity index (χ0) is 29.5. The Labute approximate surface area is 251 Å². The lowest BCUT2D eigenvalue weighted by Crippen LogP contribution is -2.64. The van der Waals surface area contributed by atoms with Crippen molar-refractivity contribution in [3.05, 3.63) is 68.6 Å². The van der Waals surface area contributed by atoms with Gasteiger partial charge in [-0.15, -0.1) is 0 Å². The molecule has 0 amide bonds. The van der Waals surface area contributed by atoms with Crippen molar-refractivity contribution < 1.29 is 47.7 Å². The Kier molecular flexibility index (Phi) is 6.21. The van der Waals surface area contributed by atoms with Gasteiger partial charge < -0.3 is 23.7 Å². The Balaban J connectivity index is 1.53. The number of halogens is 2. The van der Waals surface area contributed by atoms with Gasteiger partial charge in [0.15, 0.2) is 5.41 Å². The standard InChI is InChI=1S/C29H24Br2O10/c1-26(2,3)28-12-18-27(24(36)41-28,13-19(32)37-18)29(28)20(38-21(33)14-4-8-16(30)9-5-14)23(35)40-25(29)39-22(34)15-6-10-17(31)11-7-15/h4-11,18,20,25H,12-13H2,1-3H3/t18-,20-,25+,27-,28+,29+/m0/s1. The van der Waals surface area contributed by atoms with Gasteiger partial charge >= 0.3 is 29.8 Å². The van der Waals surface area contributed by atoms with Gasteiger partial charge in [0.2, 0.25) is 6.10 Å². The lowest BCUT2D eigenvalue weighted by Gasteiger charge is -2.49. The molecule has 3 saturated heterocycles. The van der Waals surface area contributed by atoms with E-state index in [1.54, 1.807) is 45.0 Å². The third-order valence-corrected chi connectivity index (χ3v) is 9.85. The fraction of sp³-hybridized carbons (Fsp3) is 0.414. The van der Waals surface area contributed by atoms with Gasteiger partial charge in [0.25, 0.3) is 6.29 Å². The smallest absolute Gasteiger partial charge is 0.351 e. The molecule has 0 radical (unpaired) electrons. The topological polar surface area (TPSA) is 132 Å². The third kappa shape index (κ3) is 3.62. The Hall–Kier alpha value is -3.25. The normalized spacial score (nSPS) is 33.3. The molecule has 10 nitrogen and oxygen atoms in total. The van der Waals surface area contributed by atoms with Crippen LogP contribution in [0.15, 0.2) is 57.5 Å². The van der Waals surface area contributed by atoms with Gasteiger partial charge in [-0.1, -0.05) is 52.6 Å². The molecule has 214 valence electrons. The molecule has 0 unspecified atom stereocenters. The van der Waals surface area contributed by atoms with Crippen molar-refractivity contribution in [2.45, 2.75) is 57.7 Å². The van der Waals surface area contributed by atoms with Crippen LogP contribution in [0.5, 0.6) is 0 Å². The molecule has 6 rings (SSSR count). The lowest BCUT2D eigenvalue weighted by atomic mass is 9.53. The summed E-state index contributed by atoms with van der Waals surface area (Å²) >= 11 is 6.63. The summed E-state index contributed by atoms with van der Waals surface area (Å²) in [5.74, 6) is -4.25. The molecule has 0 N–H and O–H groups in total. The van der Waals surface area contributed by atoms with Crippen molar-refractivity contribution in [2.24, 2.45) is 16.2 Å². The van der Waals surface area contributed by atoms with Crippen LogP contribution in [-0.4, -0.2) is 53.9 Å². The summed E-state index contributed by atoms with van der Waals surface area (Å²) in [6.07, 6.45) is -5.02. The highest BCUT2D eigenvalue weighted by atomic mass is 79.9. The van der Waals surface area contributed by atoms with Crippen LogP contribution in [0, 0.1) is 16.2 Å². The summed E-state index contributed by atoms with van der Waals surface area (Å²) in [5, 5.41) is 0. The first kappa shape index (κ1) is 27.9. The molecule has 2 aromatic rings. The molecule has 0 aromatic heterocycles. The minimum Gasteiger partial charge on any atom is -0.461 e. The zero-order valence-electron chi connectivity index (χ0n) is 22.1. The number of hydrogen-bond acceptors (Lipinski definition) is 10. The Morgan fingerprint density at radius 2 is 1.39 bits per heavy atom. The number of carbonyl (C=O) groups is 5. The number of esters is 5. The van der Waals surface area contributed by atoms with E-state index < -0.39 is 76.6 Å². The maximum atomic E-state index is 13.9. The Bertz CT molecular complexity index is 1500. The molecular weight excluding hydrogens is 668 g/mol. The van der Waals surface area contributed by atoms with Crippen molar-refractivity contribution in [2.75, 3.05) is 0 Å². The number of rotatable bonds is 4. The molecule has 6 atom stereocenters. The Morgan fingerprint density at radius 1 is 0.854 bits per heavy atom. The van der Waals surface area contributed by atoms with Crippen LogP contribution in [0.25, 0.3) is 0 Å². The second kappa shape index (κ2) is 9.12. The zero-order valence-corrected chi connectivity index (χ0v) is 25.3. The van der Waals surface area contributed by atoms with Gasteiger partial charge in [0.05, 0.1) is 17.5 Å². The largest absolute Gasteiger partial charge is 0.461 e. The van der Waals surface area contributed by atoms with E-state index in [2.05, 4.69) is 31.9 Å². The number of carbonyl (C=O) groups excluding carboxylic acids is 5. The van der Waals surface area contributed by atoms with Crippen LogP contribution in [-0.2, 0) is 38.1 Å². The maximum Gasteiger partial charge on any atom is 0.351 e. The van der Waals surface area contributed by atoms with Crippen LogP contribution < -0.4 is 0 Å². The van der Waals surface area contributed by atoms with E-state index >= 15 is 0 Å². The van der Waals surface area contributed by atoms with Gasteiger partial charge in [-0.2, -0.15) is 0 Å². The fourth-order valence-electron chi connectivity index (χ4n) is 7.08. The summed E-state index contributed by atoms with van der Waals surface area (Å²) in [7, 11) is 0. The highest BCUT2D eigenvalue weighted by molar-refractivity contribution is 9.10. The van der Waals surface area contributed by atoms with E-state index in [0.717, 1.165) is 4.47 Å². The van der Waals surface area contributed by atoms with Crippen molar-refractivity contribution in [1.29, 1.82) is 0 Å². The fourth-order valence-corrected chi connectivity index (χ4v) is 7.60. The molecule has 2 bridgehead atoms. The van der Waals surface area contributed by atoms with Crippen molar-refractivity contribution in [3.8, 4) is 0 Å². The maximum absolute atomic E-state index is 13.9. The minimum atomic E-state index is -1.95. The molecule has 41 heavy (non-hydrogen) atoms. The van der Waals surface area contributed by atoms with E-state index in [4.69, 9.17) is 23.7 Å². The molecule has 3 aliphatic heterocycles. The average molecular weight is 692 g/mol. The van der Waals surface area contributed by atoms with Gasteiger partial charge in [-0.25, -0.2) is 14.4 Å². The molecule has 4 fully saturated rings. The quantitative estimate of drug-likeness (QED) is 0.333. The number of ether oxygens (including phenoxy) is 5. The van der Waals surface area contributed by atoms with Crippen LogP contribution >= 0.6 is 31.9 Å². The van der Waals surface area contributed by atoms with Gasteiger partial charge in [0.1, 0.15) is 17.1 Å². The lowest BCUT2D eigenvalue weighted by molar-refractivity contribution is -0.220. The molecule has 4 aliphatic rings. The van der Waals surface area contributed by atoms with Crippen LogP contribution in [0.1, 0.15) is 54.3 Å². The first-order valence-corrected chi connectivity index (χ1v) is 14.4. The number of hydrogen-bond donors (Lipinski definition) is 0. The minimum absolute atomic E-state index is 0.0106. The van der Waals surface area contributed by atoms with Crippen molar-refractivity contribution >= 4 is 61.7 Å². The van der Waals surface area contributed by atoms with Crippen molar-refractivity contribution in [3.63, 3.8) is 0 Å². The first-order chi connectivity index (χ1) is 19.3. The van der Waals surface area contributed by atoms with Crippen LogP contribution in [0.4, 0.5) is 0 Å². The predicted molar refractivity (Wildman–Crippen MR) is 145 cm³/mol. The molecule has 2 spiro atoms. The van der Waals surface area contributed by atoms with Crippen LogP contribution in [0.3, 0.4) is 0 Å². The summed E-state index contributed by atoms with van der Waals surface area (Å²) < 4.78 is 30.6. The molecule has 1 aliphatic carbocycles. The van der Waals surface area contributed by atoms with E-state index in [1.807, 2.05) is 0 Å². The predicted octanol–water partition coefficient (Wildman–Crippen LogP) is 4.51. The highest BCUT2D eigenvalue weighted by Crippen LogP contribution is 2.78. The van der Waals surface area contributed by atoms with Crippen molar-refractivity contribution in [1.82, 2.24) is 0 Å². The Morgan fingerprint density at radius 3 is 1.93 bits per heavy atom. The average Bonchev–Trinajstić information content (AvgIpc) is 3.52. The molecular formula is C29H24Br2O10. The first-order valence-electron chi connectivity index (χ1n) is 12.8. The summed E-state index contributed by atoms with van der Waals surface area (Å²) in [5.41, 5.74) is -6.02. The van der Waals surface area contributed by atoms with E-state index in [0.29, 0.717) is 4.47 Å². The summed E-state index contributed by atoms with van der Waals surface area (Å²) in [6.45, 7) is 5.36. The van der Waals surface area contributed by atoms with Gasteiger partial charge in [0, 0.05) is 20.8 Å². The molecule has 3 heterocycles. The SMILES string of the molecule is CC(C)(C)[C@@]12C[C@@H]3OC(=O)C[C@]3(C(=O)O1)[C@@]21[C@H](OC(=O)c2ccc(Br)cc2)OC(=O)[C@@H]1OC(=O)c1ccc(Br)cc1. The molecule has 1 saturated carbocycles. The molecule has 12 heteroatoms. The number of benzene rings is 2. The highest BCUT2D eigenvalue weighted by Gasteiger charge is 2.96. The van der Waals surface area contributed by atoms with E-state index in [1.165, 1.54) is 24.3 Å². The monoisotopic (exact) mass is 690 g/mol. The number of cyclic esters (lactones) is 1.